The fourth-order valence-electron chi connectivity index (χ4n) is 1.24. The molecule has 0 aliphatic heterocycles. The Morgan fingerprint density at radius 2 is 1.62 bits per heavy atom. The van der Waals surface area contributed by atoms with Crippen LogP contribution >= 0.6 is 31.9 Å². The van der Waals surface area contributed by atoms with Gasteiger partial charge in [0.1, 0.15) is 5.75 Å². The minimum absolute atomic E-state index is 0.408. The maximum absolute atomic E-state index is 9.75. The number of halogens is 2. The highest BCUT2D eigenvalue weighted by molar-refractivity contribution is 9.08. The van der Waals surface area contributed by atoms with Crippen LogP contribution in [0.4, 0.5) is 0 Å². The third kappa shape index (κ3) is 2.47. The van der Waals surface area contributed by atoms with Crippen LogP contribution in [-0.2, 0) is 17.1 Å². The van der Waals surface area contributed by atoms with E-state index >= 15 is 0 Å². The molecule has 0 unspecified atom stereocenters. The lowest BCUT2D eigenvalue weighted by atomic mass is 10.0. The summed E-state index contributed by atoms with van der Waals surface area (Å²) >= 11 is 6.72. The predicted octanol–water partition coefficient (Wildman–Crippen LogP) is 3.74. The summed E-state index contributed by atoms with van der Waals surface area (Å²) in [5.41, 5.74) is 3.20. The first-order valence-corrected chi connectivity index (χ1v) is 6.42. The predicted molar refractivity (Wildman–Crippen MR) is 62.7 cm³/mol. The fraction of sp³-hybridized carbons (Fsp3) is 0.400. The summed E-state index contributed by atoms with van der Waals surface area (Å²) in [5, 5.41) is 11.2. The summed E-state index contributed by atoms with van der Waals surface area (Å²) in [4.78, 5) is 0. The number of hydrogen-bond acceptors (Lipinski definition) is 1. The molecule has 1 aromatic carbocycles. The summed E-state index contributed by atoms with van der Waals surface area (Å²) in [6.45, 7) is 2.11. The summed E-state index contributed by atoms with van der Waals surface area (Å²) in [5.74, 6) is 0.408. The van der Waals surface area contributed by atoms with E-state index in [1.165, 1.54) is 5.56 Å². The van der Waals surface area contributed by atoms with Crippen molar-refractivity contribution in [1.82, 2.24) is 0 Å². The van der Waals surface area contributed by atoms with E-state index in [0.717, 1.165) is 17.5 Å². The van der Waals surface area contributed by atoms with E-state index in [4.69, 9.17) is 0 Å². The number of alkyl halides is 2. The lowest BCUT2D eigenvalue weighted by molar-refractivity contribution is 0.466. The Kier molecular flexibility index (Phi) is 4.26. The quantitative estimate of drug-likeness (QED) is 0.843. The number of hydrogen-bond donors (Lipinski definition) is 1. The molecule has 13 heavy (non-hydrogen) atoms. The van der Waals surface area contributed by atoms with Crippen LogP contribution in [0, 0.1) is 0 Å². The van der Waals surface area contributed by atoms with Crippen LogP contribution in [0.2, 0.25) is 0 Å². The molecule has 0 heterocycles. The number of phenolic OH excluding ortho intramolecular Hbond substituents is 1. The first kappa shape index (κ1) is 11.1. The molecule has 0 spiro atoms. The van der Waals surface area contributed by atoms with Crippen molar-refractivity contribution in [2.24, 2.45) is 0 Å². The normalized spacial score (nSPS) is 10.4. The Bertz CT molecular complexity index is 272. The van der Waals surface area contributed by atoms with Crippen molar-refractivity contribution < 1.29 is 5.11 Å². The van der Waals surface area contributed by atoms with Gasteiger partial charge in [-0.15, -0.1) is 0 Å². The molecule has 0 fully saturated rings. The van der Waals surface area contributed by atoms with Gasteiger partial charge in [-0.3, -0.25) is 0 Å². The molecule has 0 saturated carbocycles. The van der Waals surface area contributed by atoms with Gasteiger partial charge in [0.2, 0.25) is 0 Å². The summed E-state index contributed by atoms with van der Waals surface area (Å²) in [7, 11) is 0. The van der Waals surface area contributed by atoms with Gasteiger partial charge in [-0.05, 0) is 12.0 Å². The maximum atomic E-state index is 9.75. The van der Waals surface area contributed by atoms with E-state index in [1.54, 1.807) is 0 Å². The van der Waals surface area contributed by atoms with Gasteiger partial charge in [-0.1, -0.05) is 50.9 Å². The van der Waals surface area contributed by atoms with E-state index in [2.05, 4.69) is 38.8 Å². The third-order valence-electron chi connectivity index (χ3n) is 2.02. The van der Waals surface area contributed by atoms with Gasteiger partial charge in [0, 0.05) is 21.8 Å². The van der Waals surface area contributed by atoms with Gasteiger partial charge in [0.05, 0.1) is 0 Å². The van der Waals surface area contributed by atoms with Crippen molar-refractivity contribution in [3.63, 3.8) is 0 Å². The number of aromatic hydroxyl groups is 1. The first-order valence-electron chi connectivity index (χ1n) is 4.18. The molecule has 1 nitrogen and oxygen atoms in total. The van der Waals surface area contributed by atoms with Gasteiger partial charge in [-0.2, -0.15) is 0 Å². The van der Waals surface area contributed by atoms with Crippen molar-refractivity contribution >= 4 is 31.9 Å². The largest absolute Gasteiger partial charge is 0.507 e. The topological polar surface area (TPSA) is 20.2 Å². The SMILES string of the molecule is CCc1cc(CBr)c(O)c(CBr)c1. The molecule has 1 rings (SSSR count). The Morgan fingerprint density at radius 3 is 1.92 bits per heavy atom. The van der Waals surface area contributed by atoms with Gasteiger partial charge < -0.3 is 5.11 Å². The summed E-state index contributed by atoms with van der Waals surface area (Å²) in [6.07, 6.45) is 1.00. The molecule has 1 N–H and O–H groups in total. The zero-order valence-corrected chi connectivity index (χ0v) is 10.7. The molecular weight excluding hydrogens is 296 g/mol. The standard InChI is InChI=1S/C10H12Br2O/c1-2-7-3-8(5-11)10(13)9(4-7)6-12/h3-4,13H,2,5-6H2,1H3. The average molecular weight is 308 g/mol. The van der Waals surface area contributed by atoms with E-state index in [1.807, 2.05) is 12.1 Å². The zero-order chi connectivity index (χ0) is 9.84. The molecular formula is C10H12Br2O. The lowest BCUT2D eigenvalue weighted by Gasteiger charge is -2.08. The minimum Gasteiger partial charge on any atom is -0.507 e. The van der Waals surface area contributed by atoms with Gasteiger partial charge >= 0.3 is 0 Å². The smallest absolute Gasteiger partial charge is 0.123 e. The molecule has 0 aliphatic rings. The van der Waals surface area contributed by atoms with Crippen molar-refractivity contribution in [2.45, 2.75) is 24.0 Å². The molecule has 0 aromatic heterocycles. The Balaban J connectivity index is 3.20. The monoisotopic (exact) mass is 306 g/mol. The molecule has 0 amide bonds. The number of benzene rings is 1. The number of aryl methyl sites for hydroxylation is 1. The van der Waals surface area contributed by atoms with Gasteiger partial charge in [0.15, 0.2) is 0 Å². The highest BCUT2D eigenvalue weighted by Gasteiger charge is 2.07. The van der Waals surface area contributed by atoms with Crippen molar-refractivity contribution in [3.05, 3.63) is 28.8 Å². The number of phenols is 1. The molecule has 1 aromatic rings. The number of rotatable bonds is 3. The third-order valence-corrected chi connectivity index (χ3v) is 3.23. The minimum atomic E-state index is 0.408. The Hall–Kier alpha value is -0.0200. The van der Waals surface area contributed by atoms with Crippen molar-refractivity contribution in [2.75, 3.05) is 0 Å². The van der Waals surface area contributed by atoms with Crippen LogP contribution in [0.25, 0.3) is 0 Å². The van der Waals surface area contributed by atoms with Crippen LogP contribution in [0.5, 0.6) is 5.75 Å². The summed E-state index contributed by atoms with van der Waals surface area (Å²) < 4.78 is 0. The fourth-order valence-corrected chi connectivity index (χ4v) is 2.09. The molecule has 0 aliphatic carbocycles. The van der Waals surface area contributed by atoms with Crippen LogP contribution in [-0.4, -0.2) is 5.11 Å². The Labute approximate surface area is 95.4 Å². The molecule has 0 saturated heterocycles. The van der Waals surface area contributed by atoms with Gasteiger partial charge in [0.25, 0.3) is 0 Å². The Morgan fingerprint density at radius 1 is 1.15 bits per heavy atom. The van der Waals surface area contributed by atoms with Crippen LogP contribution in [0.3, 0.4) is 0 Å². The molecule has 0 bridgehead atoms. The van der Waals surface area contributed by atoms with E-state index in [-0.39, 0.29) is 0 Å². The highest BCUT2D eigenvalue weighted by Crippen LogP contribution is 2.28. The second-order valence-corrected chi connectivity index (χ2v) is 4.00. The van der Waals surface area contributed by atoms with Gasteiger partial charge in [-0.25, -0.2) is 0 Å². The maximum Gasteiger partial charge on any atom is 0.123 e. The van der Waals surface area contributed by atoms with Crippen LogP contribution in [0.15, 0.2) is 12.1 Å². The van der Waals surface area contributed by atoms with E-state index < -0.39 is 0 Å². The van der Waals surface area contributed by atoms with Crippen LogP contribution in [0.1, 0.15) is 23.6 Å². The average Bonchev–Trinajstić information content (AvgIpc) is 2.18. The van der Waals surface area contributed by atoms with Crippen molar-refractivity contribution in [1.29, 1.82) is 0 Å². The van der Waals surface area contributed by atoms with Crippen molar-refractivity contribution in [3.8, 4) is 5.75 Å². The van der Waals surface area contributed by atoms with Crippen LogP contribution < -0.4 is 0 Å². The lowest BCUT2D eigenvalue weighted by Crippen LogP contribution is -1.90. The molecule has 3 heteroatoms. The second kappa shape index (κ2) is 5.01. The molecule has 0 atom stereocenters. The zero-order valence-electron chi connectivity index (χ0n) is 7.48. The van der Waals surface area contributed by atoms with E-state index in [9.17, 15) is 5.11 Å². The summed E-state index contributed by atoms with van der Waals surface area (Å²) in [6, 6.07) is 4.08. The molecule has 72 valence electrons. The molecule has 0 radical (unpaired) electrons. The first-order chi connectivity index (χ1) is 6.22. The second-order valence-electron chi connectivity index (χ2n) is 2.88. The highest BCUT2D eigenvalue weighted by atomic mass is 79.9. The van der Waals surface area contributed by atoms with E-state index in [0.29, 0.717) is 16.4 Å².